The van der Waals surface area contributed by atoms with Crippen LogP contribution in [0.4, 0.5) is 5.69 Å². The standard InChI is InChI=1S/C15H16BrNO2S/c1-10-5-7-15(12(3)8-10)20(18,19)17-14-6-4-11(2)9-13(14)16/h4-9,17H,1-3H3. The molecular weight excluding hydrogens is 338 g/mol. The van der Waals surface area contributed by atoms with E-state index in [1.165, 1.54) is 0 Å². The van der Waals surface area contributed by atoms with Gasteiger partial charge in [-0.2, -0.15) is 0 Å². The zero-order valence-electron chi connectivity index (χ0n) is 11.6. The monoisotopic (exact) mass is 353 g/mol. The highest BCUT2D eigenvalue weighted by atomic mass is 79.9. The third kappa shape index (κ3) is 3.22. The maximum atomic E-state index is 12.4. The fourth-order valence-corrected chi connectivity index (χ4v) is 4.03. The molecule has 0 unspecified atom stereocenters. The molecule has 0 saturated carbocycles. The van der Waals surface area contributed by atoms with Crippen molar-refractivity contribution in [2.24, 2.45) is 0 Å². The number of aryl methyl sites for hydroxylation is 3. The van der Waals surface area contributed by atoms with Crippen molar-refractivity contribution in [3.63, 3.8) is 0 Å². The molecule has 2 rings (SSSR count). The van der Waals surface area contributed by atoms with Crippen LogP contribution < -0.4 is 4.72 Å². The zero-order chi connectivity index (χ0) is 14.9. The Balaban J connectivity index is 2.41. The van der Waals surface area contributed by atoms with E-state index in [0.717, 1.165) is 21.2 Å². The van der Waals surface area contributed by atoms with E-state index in [2.05, 4.69) is 20.7 Å². The van der Waals surface area contributed by atoms with Crippen LogP contribution in [0.15, 0.2) is 45.8 Å². The Morgan fingerprint density at radius 3 is 2.15 bits per heavy atom. The minimum absolute atomic E-state index is 0.301. The van der Waals surface area contributed by atoms with E-state index in [9.17, 15) is 8.42 Å². The van der Waals surface area contributed by atoms with Gasteiger partial charge < -0.3 is 0 Å². The van der Waals surface area contributed by atoms with Crippen LogP contribution in [-0.2, 0) is 10.0 Å². The first-order chi connectivity index (χ1) is 9.29. The first-order valence-corrected chi connectivity index (χ1v) is 8.43. The normalized spacial score (nSPS) is 11.4. The lowest BCUT2D eigenvalue weighted by molar-refractivity contribution is 0.600. The highest BCUT2D eigenvalue weighted by molar-refractivity contribution is 9.10. The summed E-state index contributed by atoms with van der Waals surface area (Å²) in [6.45, 7) is 5.69. The number of halogens is 1. The van der Waals surface area contributed by atoms with Gasteiger partial charge in [0.2, 0.25) is 0 Å². The number of sulfonamides is 1. The average Bonchev–Trinajstić information content (AvgIpc) is 2.32. The zero-order valence-corrected chi connectivity index (χ0v) is 14.0. The number of hydrogen-bond acceptors (Lipinski definition) is 2. The molecule has 3 nitrogen and oxygen atoms in total. The number of anilines is 1. The SMILES string of the molecule is Cc1ccc(S(=O)(=O)Nc2ccc(C)cc2Br)c(C)c1. The molecule has 0 aliphatic rings. The molecule has 0 aliphatic heterocycles. The van der Waals surface area contributed by atoms with Crippen molar-refractivity contribution in [2.45, 2.75) is 25.7 Å². The van der Waals surface area contributed by atoms with Crippen LogP contribution in [0.25, 0.3) is 0 Å². The summed E-state index contributed by atoms with van der Waals surface area (Å²) in [5.74, 6) is 0. The van der Waals surface area contributed by atoms with Crippen molar-refractivity contribution in [1.82, 2.24) is 0 Å². The largest absolute Gasteiger partial charge is 0.278 e. The molecule has 0 amide bonds. The van der Waals surface area contributed by atoms with Crippen LogP contribution in [-0.4, -0.2) is 8.42 Å². The van der Waals surface area contributed by atoms with Gasteiger partial charge in [0.1, 0.15) is 0 Å². The molecule has 5 heteroatoms. The van der Waals surface area contributed by atoms with Crippen molar-refractivity contribution in [1.29, 1.82) is 0 Å². The van der Waals surface area contributed by atoms with E-state index in [1.54, 1.807) is 25.1 Å². The molecule has 0 heterocycles. The van der Waals surface area contributed by atoms with Gasteiger partial charge in [0.15, 0.2) is 0 Å². The van der Waals surface area contributed by atoms with Gasteiger partial charge >= 0.3 is 0 Å². The Morgan fingerprint density at radius 2 is 1.55 bits per heavy atom. The number of benzene rings is 2. The van der Waals surface area contributed by atoms with Gasteiger partial charge in [-0.25, -0.2) is 8.42 Å². The molecule has 0 saturated heterocycles. The van der Waals surface area contributed by atoms with E-state index in [4.69, 9.17) is 0 Å². The van der Waals surface area contributed by atoms with Gasteiger partial charge in [-0.05, 0) is 66.0 Å². The van der Waals surface area contributed by atoms with Crippen LogP contribution in [0.2, 0.25) is 0 Å². The Labute approximate surface area is 128 Å². The minimum atomic E-state index is -3.58. The lowest BCUT2D eigenvalue weighted by atomic mass is 10.2. The second-order valence-electron chi connectivity index (χ2n) is 4.86. The van der Waals surface area contributed by atoms with Gasteiger partial charge in [-0.1, -0.05) is 23.8 Å². The molecule has 0 radical (unpaired) electrons. The highest BCUT2D eigenvalue weighted by Gasteiger charge is 2.17. The van der Waals surface area contributed by atoms with Crippen molar-refractivity contribution in [3.8, 4) is 0 Å². The maximum absolute atomic E-state index is 12.4. The average molecular weight is 354 g/mol. The number of hydrogen-bond donors (Lipinski definition) is 1. The fraction of sp³-hybridized carbons (Fsp3) is 0.200. The molecule has 106 valence electrons. The molecule has 0 aromatic heterocycles. The van der Waals surface area contributed by atoms with E-state index >= 15 is 0 Å². The van der Waals surface area contributed by atoms with Crippen LogP contribution in [0, 0.1) is 20.8 Å². The van der Waals surface area contributed by atoms with Crippen LogP contribution >= 0.6 is 15.9 Å². The maximum Gasteiger partial charge on any atom is 0.262 e. The quantitative estimate of drug-likeness (QED) is 0.899. The van der Waals surface area contributed by atoms with Gasteiger partial charge in [0.25, 0.3) is 10.0 Å². The second kappa shape index (κ2) is 5.58. The Bertz CT molecular complexity index is 754. The van der Waals surface area contributed by atoms with E-state index in [-0.39, 0.29) is 0 Å². The lowest BCUT2D eigenvalue weighted by Crippen LogP contribution is -2.14. The number of nitrogens with one attached hydrogen (secondary N) is 1. The third-order valence-electron chi connectivity index (χ3n) is 2.99. The van der Waals surface area contributed by atoms with E-state index < -0.39 is 10.0 Å². The summed E-state index contributed by atoms with van der Waals surface area (Å²) >= 11 is 3.38. The van der Waals surface area contributed by atoms with E-state index in [0.29, 0.717) is 10.6 Å². The van der Waals surface area contributed by atoms with Gasteiger partial charge in [-0.15, -0.1) is 0 Å². The molecule has 2 aromatic rings. The summed E-state index contributed by atoms with van der Waals surface area (Å²) in [7, 11) is -3.58. The Morgan fingerprint density at radius 1 is 0.950 bits per heavy atom. The van der Waals surface area contributed by atoms with Crippen LogP contribution in [0.3, 0.4) is 0 Å². The van der Waals surface area contributed by atoms with Gasteiger partial charge in [0.05, 0.1) is 10.6 Å². The Kier molecular flexibility index (Phi) is 4.20. The summed E-state index contributed by atoms with van der Waals surface area (Å²) in [6, 6.07) is 10.8. The summed E-state index contributed by atoms with van der Waals surface area (Å²) < 4.78 is 28.2. The predicted molar refractivity (Wildman–Crippen MR) is 85.6 cm³/mol. The third-order valence-corrected chi connectivity index (χ3v) is 5.17. The van der Waals surface area contributed by atoms with E-state index in [1.807, 2.05) is 32.0 Å². The highest BCUT2D eigenvalue weighted by Crippen LogP contribution is 2.27. The summed E-state index contributed by atoms with van der Waals surface area (Å²) in [5.41, 5.74) is 3.38. The molecule has 0 spiro atoms. The molecule has 20 heavy (non-hydrogen) atoms. The molecule has 2 aromatic carbocycles. The molecule has 0 fully saturated rings. The summed E-state index contributed by atoms with van der Waals surface area (Å²) in [5, 5.41) is 0. The summed E-state index contributed by atoms with van der Waals surface area (Å²) in [6.07, 6.45) is 0. The molecule has 1 N–H and O–H groups in total. The molecule has 0 atom stereocenters. The van der Waals surface area contributed by atoms with Gasteiger partial charge in [0, 0.05) is 4.47 Å². The van der Waals surface area contributed by atoms with Crippen molar-refractivity contribution in [3.05, 3.63) is 57.6 Å². The smallest absolute Gasteiger partial charge is 0.262 e. The first-order valence-electron chi connectivity index (χ1n) is 6.16. The molecule has 0 aliphatic carbocycles. The Hall–Kier alpha value is -1.33. The van der Waals surface area contributed by atoms with Crippen LogP contribution in [0.5, 0.6) is 0 Å². The van der Waals surface area contributed by atoms with Crippen molar-refractivity contribution in [2.75, 3.05) is 4.72 Å². The fourth-order valence-electron chi connectivity index (χ4n) is 2.00. The van der Waals surface area contributed by atoms with Crippen molar-refractivity contribution < 1.29 is 8.42 Å². The predicted octanol–water partition coefficient (Wildman–Crippen LogP) is 4.18. The first kappa shape index (κ1) is 15.1. The molecular formula is C15H16BrNO2S. The summed E-state index contributed by atoms with van der Waals surface area (Å²) in [4.78, 5) is 0.301. The van der Waals surface area contributed by atoms with Crippen LogP contribution in [0.1, 0.15) is 16.7 Å². The van der Waals surface area contributed by atoms with Gasteiger partial charge in [-0.3, -0.25) is 4.72 Å². The lowest BCUT2D eigenvalue weighted by Gasteiger charge is -2.12. The topological polar surface area (TPSA) is 46.2 Å². The molecule has 0 bridgehead atoms. The number of rotatable bonds is 3. The van der Waals surface area contributed by atoms with Crippen molar-refractivity contribution >= 4 is 31.6 Å². The minimum Gasteiger partial charge on any atom is -0.278 e. The second-order valence-corrected chi connectivity index (χ2v) is 7.36.